The molecule has 0 fully saturated rings. The van der Waals surface area contributed by atoms with E-state index in [2.05, 4.69) is 160 Å². The predicted molar refractivity (Wildman–Crippen MR) is 183 cm³/mol. The van der Waals surface area contributed by atoms with Gasteiger partial charge in [-0.3, -0.25) is 0 Å². The molecule has 0 spiro atoms. The van der Waals surface area contributed by atoms with Crippen molar-refractivity contribution in [2.45, 2.75) is 101 Å². The Morgan fingerprint density at radius 3 is 1.80 bits per heavy atom. The van der Waals surface area contributed by atoms with Gasteiger partial charge in [0, 0.05) is 5.92 Å². The first-order valence-corrected chi connectivity index (χ1v) is 15.4. The summed E-state index contributed by atoms with van der Waals surface area (Å²) in [5, 5.41) is 10.3. The number of aliphatic hydroxyl groups is 1. The van der Waals surface area contributed by atoms with Gasteiger partial charge in [0.15, 0.2) is 0 Å². The summed E-state index contributed by atoms with van der Waals surface area (Å²) >= 11 is 0. The number of rotatable bonds is 10. The molecule has 222 valence electrons. The van der Waals surface area contributed by atoms with E-state index in [1.165, 1.54) is 46.3 Å². The Labute approximate surface area is 252 Å². The molecule has 0 heterocycles. The van der Waals surface area contributed by atoms with Crippen molar-refractivity contribution in [3.05, 3.63) is 130 Å². The van der Waals surface area contributed by atoms with Crippen molar-refractivity contribution in [2.24, 2.45) is 16.7 Å². The summed E-state index contributed by atoms with van der Waals surface area (Å²) < 4.78 is 0. The van der Waals surface area contributed by atoms with Crippen molar-refractivity contribution in [1.29, 1.82) is 0 Å². The van der Waals surface area contributed by atoms with Crippen molar-refractivity contribution >= 4 is 0 Å². The minimum atomic E-state index is -0.308. The van der Waals surface area contributed by atoms with E-state index in [-0.39, 0.29) is 11.5 Å². The smallest absolute Gasteiger partial charge is 0.0753 e. The molecule has 0 aliphatic heterocycles. The van der Waals surface area contributed by atoms with Crippen LogP contribution in [-0.2, 0) is 0 Å². The van der Waals surface area contributed by atoms with Crippen LogP contribution >= 0.6 is 0 Å². The largest absolute Gasteiger partial charge is 0.389 e. The van der Waals surface area contributed by atoms with Gasteiger partial charge in [-0.15, -0.1) is 0 Å². The fraction of sp³-hybridized carbons (Fsp3) is 0.450. The molecule has 2 unspecified atom stereocenters. The van der Waals surface area contributed by atoms with Gasteiger partial charge in [-0.1, -0.05) is 147 Å². The van der Waals surface area contributed by atoms with Crippen LogP contribution in [0.3, 0.4) is 0 Å². The van der Waals surface area contributed by atoms with Crippen molar-refractivity contribution in [3.8, 4) is 0 Å². The summed E-state index contributed by atoms with van der Waals surface area (Å²) in [4.78, 5) is 0. The average molecular weight is 553 g/mol. The van der Waals surface area contributed by atoms with Gasteiger partial charge < -0.3 is 5.11 Å². The van der Waals surface area contributed by atoms with E-state index in [9.17, 15) is 5.11 Å². The Morgan fingerprint density at radius 1 is 0.732 bits per heavy atom. The van der Waals surface area contributed by atoms with Crippen LogP contribution in [-0.4, -0.2) is 11.2 Å². The molecule has 2 aliphatic carbocycles. The lowest BCUT2D eigenvalue weighted by Crippen LogP contribution is -2.27. The first-order chi connectivity index (χ1) is 19.2. The van der Waals surface area contributed by atoms with Crippen LogP contribution in [0.25, 0.3) is 0 Å². The van der Waals surface area contributed by atoms with E-state index in [1.807, 2.05) is 0 Å². The Bertz CT molecular complexity index is 1240. The minimum Gasteiger partial charge on any atom is -0.389 e. The second-order valence-corrected chi connectivity index (χ2v) is 13.4. The summed E-state index contributed by atoms with van der Waals surface area (Å²) in [5.41, 5.74) is 9.19. The highest BCUT2D eigenvalue weighted by molar-refractivity contribution is 5.39. The van der Waals surface area contributed by atoms with Crippen LogP contribution in [0, 0.1) is 16.7 Å². The van der Waals surface area contributed by atoms with Crippen LogP contribution in [0.4, 0.5) is 0 Å². The molecule has 1 heteroatoms. The fourth-order valence-electron chi connectivity index (χ4n) is 5.70. The molecule has 0 aromatic rings. The second-order valence-electron chi connectivity index (χ2n) is 13.4. The Balaban J connectivity index is 1.89. The highest BCUT2D eigenvalue weighted by atomic mass is 16.3. The molecule has 2 aliphatic rings. The van der Waals surface area contributed by atoms with Crippen LogP contribution < -0.4 is 0 Å². The highest BCUT2D eigenvalue weighted by Gasteiger charge is 2.31. The highest BCUT2D eigenvalue weighted by Crippen LogP contribution is 2.42. The molecule has 0 saturated heterocycles. The van der Waals surface area contributed by atoms with E-state index in [1.54, 1.807) is 0 Å². The van der Waals surface area contributed by atoms with Gasteiger partial charge in [0.1, 0.15) is 0 Å². The molecule has 0 amide bonds. The van der Waals surface area contributed by atoms with Gasteiger partial charge in [0.05, 0.1) is 6.10 Å². The van der Waals surface area contributed by atoms with Crippen molar-refractivity contribution in [3.63, 3.8) is 0 Å². The topological polar surface area (TPSA) is 20.2 Å². The first kappa shape index (κ1) is 34.3. The standard InChI is InChI=1S/C40H56O/c1-30(18-13-20-32(3)23-25-36-34(5)22-15-28-39(36,7)8)16-11-12-17-31(2)19-14-21-33(4)24-26-37-35(6)38(41)27-29-40(37,9)10/h11-14,16-26,36,38,41H,15,27-29H2,1-10H3/b12-11+,18-13+,19-14+,25-23+,26-24+,30-16+,31-17+,32-20+,33-21+. The monoisotopic (exact) mass is 552 g/mol. The molecule has 1 N–H and O–H groups in total. The summed E-state index contributed by atoms with van der Waals surface area (Å²) in [6.07, 6.45) is 36.7. The molecular weight excluding hydrogens is 496 g/mol. The molecule has 0 saturated carbocycles. The van der Waals surface area contributed by atoms with Gasteiger partial charge in [0.25, 0.3) is 0 Å². The zero-order valence-electron chi connectivity index (χ0n) is 27.6. The normalized spacial score (nSPS) is 25.1. The molecule has 0 aromatic carbocycles. The zero-order valence-corrected chi connectivity index (χ0v) is 27.6. The summed E-state index contributed by atoms with van der Waals surface area (Å²) in [6, 6.07) is 0. The van der Waals surface area contributed by atoms with E-state index in [0.29, 0.717) is 11.3 Å². The van der Waals surface area contributed by atoms with Crippen LogP contribution in [0.2, 0.25) is 0 Å². The van der Waals surface area contributed by atoms with Crippen LogP contribution in [0.5, 0.6) is 0 Å². The van der Waals surface area contributed by atoms with Gasteiger partial charge in [-0.2, -0.15) is 0 Å². The number of allylic oxidation sites excluding steroid dienone is 21. The van der Waals surface area contributed by atoms with Gasteiger partial charge in [-0.05, 0) is 89.2 Å². The number of aliphatic hydroxyl groups excluding tert-OH is 1. The molecule has 2 atom stereocenters. The average Bonchev–Trinajstić information content (AvgIpc) is 2.88. The molecular formula is C40H56O. The third-order valence-corrected chi connectivity index (χ3v) is 8.61. The van der Waals surface area contributed by atoms with E-state index in [4.69, 9.17) is 0 Å². The molecule has 1 nitrogen and oxygen atoms in total. The maximum Gasteiger partial charge on any atom is 0.0753 e. The third kappa shape index (κ3) is 11.5. The summed E-state index contributed by atoms with van der Waals surface area (Å²) in [6.45, 7) is 22.2. The second kappa shape index (κ2) is 15.9. The van der Waals surface area contributed by atoms with Crippen molar-refractivity contribution < 1.29 is 5.11 Å². The van der Waals surface area contributed by atoms with E-state index in [0.717, 1.165) is 18.4 Å². The number of hydrogen-bond acceptors (Lipinski definition) is 1. The van der Waals surface area contributed by atoms with Crippen molar-refractivity contribution in [2.75, 3.05) is 0 Å². The Kier molecular flexibility index (Phi) is 13.3. The lowest BCUT2D eigenvalue weighted by molar-refractivity contribution is 0.163. The Hall–Kier alpha value is -2.90. The lowest BCUT2D eigenvalue weighted by Gasteiger charge is -2.36. The molecule has 0 bridgehead atoms. The first-order valence-electron chi connectivity index (χ1n) is 15.4. The van der Waals surface area contributed by atoms with Gasteiger partial charge >= 0.3 is 0 Å². The van der Waals surface area contributed by atoms with Crippen LogP contribution in [0.15, 0.2) is 130 Å². The van der Waals surface area contributed by atoms with Crippen molar-refractivity contribution in [1.82, 2.24) is 0 Å². The third-order valence-electron chi connectivity index (χ3n) is 8.61. The van der Waals surface area contributed by atoms with Gasteiger partial charge in [-0.25, -0.2) is 0 Å². The molecule has 41 heavy (non-hydrogen) atoms. The van der Waals surface area contributed by atoms with Crippen LogP contribution in [0.1, 0.15) is 94.9 Å². The predicted octanol–water partition coefficient (Wildman–Crippen LogP) is 11.4. The zero-order chi connectivity index (χ0) is 30.6. The van der Waals surface area contributed by atoms with Gasteiger partial charge in [0.2, 0.25) is 0 Å². The fourth-order valence-corrected chi connectivity index (χ4v) is 5.70. The SMILES string of the molecule is CC1=CCCC(C)(C)C1/C=C/C(C)=C/C=C/C(C)=C/C=C/C=C(C)/C=C/C=C(C)/C=C/C1=C(C)C(O)CCC1(C)C. The quantitative estimate of drug-likeness (QED) is 0.211. The number of hydrogen-bond donors (Lipinski definition) is 1. The molecule has 0 aromatic heterocycles. The molecule has 0 radical (unpaired) electrons. The lowest BCUT2D eigenvalue weighted by atomic mass is 9.68. The maximum atomic E-state index is 10.3. The Morgan fingerprint density at radius 2 is 1.24 bits per heavy atom. The summed E-state index contributed by atoms with van der Waals surface area (Å²) in [5.74, 6) is 0.524. The minimum absolute atomic E-state index is 0.111. The summed E-state index contributed by atoms with van der Waals surface area (Å²) in [7, 11) is 0. The van der Waals surface area contributed by atoms with E-state index < -0.39 is 0 Å². The molecule has 2 rings (SSSR count). The van der Waals surface area contributed by atoms with E-state index >= 15 is 0 Å². The maximum absolute atomic E-state index is 10.3.